The van der Waals surface area contributed by atoms with Gasteiger partial charge in [0, 0.05) is 11.8 Å². The van der Waals surface area contributed by atoms with Gasteiger partial charge in [0.15, 0.2) is 5.69 Å². The molecule has 126 valence electrons. The van der Waals surface area contributed by atoms with Crippen molar-refractivity contribution in [2.75, 3.05) is 0 Å². The van der Waals surface area contributed by atoms with Crippen LogP contribution in [0.3, 0.4) is 0 Å². The smallest absolute Gasteiger partial charge is 0.273 e. The van der Waals surface area contributed by atoms with Gasteiger partial charge >= 0.3 is 0 Å². The summed E-state index contributed by atoms with van der Waals surface area (Å²) in [5.41, 5.74) is 4.49. The quantitative estimate of drug-likeness (QED) is 0.742. The van der Waals surface area contributed by atoms with Gasteiger partial charge in [-0.15, -0.1) is 0 Å². The summed E-state index contributed by atoms with van der Waals surface area (Å²) in [6.45, 7) is 0. The maximum Gasteiger partial charge on any atom is 0.290 e. The zero-order valence-electron chi connectivity index (χ0n) is 13.3. The number of amides is 2. The summed E-state index contributed by atoms with van der Waals surface area (Å²) in [7, 11) is 0. The van der Waals surface area contributed by atoms with Crippen molar-refractivity contribution in [3.63, 3.8) is 0 Å². The molecular weight excluding hydrogens is 308 g/mol. The number of nitrogens with zero attached hydrogens (tertiary/aromatic N) is 1. The molecule has 1 aliphatic carbocycles. The van der Waals surface area contributed by atoms with Crippen molar-refractivity contribution in [2.45, 2.75) is 38.5 Å². The van der Waals surface area contributed by atoms with E-state index in [2.05, 4.69) is 21.0 Å². The van der Waals surface area contributed by atoms with Gasteiger partial charge < -0.3 is 0 Å². The first-order valence-corrected chi connectivity index (χ1v) is 8.22. The van der Waals surface area contributed by atoms with Gasteiger partial charge in [0.05, 0.1) is 5.39 Å². The number of rotatable bonds is 4. The van der Waals surface area contributed by atoms with Crippen molar-refractivity contribution in [3.8, 4) is 0 Å². The normalized spacial score (nSPS) is 14.7. The van der Waals surface area contributed by atoms with Crippen LogP contribution in [0.5, 0.6) is 0 Å². The van der Waals surface area contributed by atoms with E-state index in [0.29, 0.717) is 23.1 Å². The third kappa shape index (κ3) is 3.61. The number of nitrogens with one attached hydrogen (secondary N) is 3. The predicted octanol–water partition coefficient (Wildman–Crippen LogP) is 1.65. The molecule has 3 rings (SSSR count). The molecule has 0 bridgehead atoms. The Labute approximate surface area is 138 Å². The van der Waals surface area contributed by atoms with Crippen molar-refractivity contribution < 1.29 is 9.59 Å². The molecule has 0 spiro atoms. The Kier molecular flexibility index (Phi) is 4.88. The van der Waals surface area contributed by atoms with Crippen LogP contribution in [0.2, 0.25) is 0 Å². The second-order valence-corrected chi connectivity index (χ2v) is 6.14. The number of H-pyrrole nitrogens is 1. The van der Waals surface area contributed by atoms with E-state index in [9.17, 15) is 14.4 Å². The molecule has 0 aliphatic heterocycles. The number of hydrazine groups is 1. The first-order valence-electron chi connectivity index (χ1n) is 8.22. The molecule has 0 atom stereocenters. The van der Waals surface area contributed by atoms with E-state index >= 15 is 0 Å². The van der Waals surface area contributed by atoms with E-state index in [0.717, 1.165) is 6.42 Å². The summed E-state index contributed by atoms with van der Waals surface area (Å²) in [5, 5.41) is 6.91. The maximum absolute atomic E-state index is 12.2. The van der Waals surface area contributed by atoms with Crippen LogP contribution in [0.1, 0.15) is 49.0 Å². The van der Waals surface area contributed by atoms with E-state index in [1.807, 2.05) is 0 Å². The lowest BCUT2D eigenvalue weighted by molar-refractivity contribution is -0.122. The Morgan fingerprint density at radius 2 is 1.83 bits per heavy atom. The molecule has 0 unspecified atom stereocenters. The van der Waals surface area contributed by atoms with Crippen LogP contribution in [0, 0.1) is 5.92 Å². The van der Waals surface area contributed by atoms with E-state index in [-0.39, 0.29) is 17.2 Å². The molecular formula is C17H20N4O3. The lowest BCUT2D eigenvalue weighted by Gasteiger charge is -2.10. The lowest BCUT2D eigenvalue weighted by Crippen LogP contribution is -2.42. The van der Waals surface area contributed by atoms with Crippen molar-refractivity contribution in [2.24, 2.45) is 5.92 Å². The molecule has 1 heterocycles. The standard InChI is InChI=1S/C17H20N4O3/c22-14(10-9-11-5-1-2-6-11)18-21-17(24)15-12-7-3-4-8-13(12)16(23)20-19-15/h3-4,7-8,11H,1-2,5-6,9-10H2,(H,18,22)(H,20,23)(H,21,24). The van der Waals surface area contributed by atoms with Crippen molar-refractivity contribution >= 4 is 22.6 Å². The average Bonchev–Trinajstić information content (AvgIpc) is 3.12. The van der Waals surface area contributed by atoms with Gasteiger partial charge in [-0.25, -0.2) is 5.10 Å². The van der Waals surface area contributed by atoms with Gasteiger partial charge in [0.2, 0.25) is 5.91 Å². The highest BCUT2D eigenvalue weighted by molar-refractivity contribution is 6.05. The third-order valence-corrected chi connectivity index (χ3v) is 4.48. The van der Waals surface area contributed by atoms with Crippen LogP contribution in [0.4, 0.5) is 0 Å². The average molecular weight is 328 g/mol. The number of aromatic amines is 1. The fraction of sp³-hybridized carbons (Fsp3) is 0.412. The summed E-state index contributed by atoms with van der Waals surface area (Å²) in [6.07, 6.45) is 6.11. The Balaban J connectivity index is 1.60. The van der Waals surface area contributed by atoms with Crippen LogP contribution in [-0.2, 0) is 4.79 Å². The number of hydrogen-bond donors (Lipinski definition) is 3. The fourth-order valence-corrected chi connectivity index (χ4v) is 3.17. The van der Waals surface area contributed by atoms with Crippen molar-refractivity contribution in [1.29, 1.82) is 0 Å². The maximum atomic E-state index is 12.2. The Morgan fingerprint density at radius 3 is 2.58 bits per heavy atom. The molecule has 7 nitrogen and oxygen atoms in total. The van der Waals surface area contributed by atoms with E-state index in [1.165, 1.54) is 25.7 Å². The van der Waals surface area contributed by atoms with Gasteiger partial charge in [-0.1, -0.05) is 43.9 Å². The molecule has 0 saturated heterocycles. The number of fused-ring (bicyclic) bond motifs is 1. The molecule has 2 aromatic rings. The molecule has 1 aromatic heterocycles. The number of hydrogen-bond acceptors (Lipinski definition) is 4. The van der Waals surface area contributed by atoms with Crippen LogP contribution >= 0.6 is 0 Å². The molecule has 1 aromatic carbocycles. The zero-order valence-corrected chi connectivity index (χ0v) is 13.3. The van der Waals surface area contributed by atoms with Crippen LogP contribution in [0.25, 0.3) is 10.8 Å². The lowest BCUT2D eigenvalue weighted by atomic mass is 10.0. The van der Waals surface area contributed by atoms with Crippen LogP contribution in [-0.4, -0.2) is 22.0 Å². The fourth-order valence-electron chi connectivity index (χ4n) is 3.17. The van der Waals surface area contributed by atoms with Crippen molar-refractivity contribution in [1.82, 2.24) is 21.0 Å². The molecule has 0 radical (unpaired) electrons. The van der Waals surface area contributed by atoms with E-state index in [1.54, 1.807) is 24.3 Å². The molecule has 1 fully saturated rings. The highest BCUT2D eigenvalue weighted by atomic mass is 16.2. The Morgan fingerprint density at radius 1 is 1.12 bits per heavy atom. The summed E-state index contributed by atoms with van der Waals surface area (Å²) >= 11 is 0. The van der Waals surface area contributed by atoms with Crippen LogP contribution in [0.15, 0.2) is 29.1 Å². The van der Waals surface area contributed by atoms with E-state index < -0.39 is 5.91 Å². The van der Waals surface area contributed by atoms with Crippen LogP contribution < -0.4 is 16.4 Å². The van der Waals surface area contributed by atoms with Gasteiger partial charge in [-0.3, -0.25) is 25.2 Å². The minimum Gasteiger partial charge on any atom is -0.273 e. The van der Waals surface area contributed by atoms with Gasteiger partial charge in [-0.05, 0) is 18.4 Å². The summed E-state index contributed by atoms with van der Waals surface area (Å²) in [6, 6.07) is 6.70. The van der Waals surface area contributed by atoms with E-state index in [4.69, 9.17) is 0 Å². The summed E-state index contributed by atoms with van der Waals surface area (Å²) in [5.74, 6) is -0.156. The molecule has 1 saturated carbocycles. The number of carbonyl (C=O) groups excluding carboxylic acids is 2. The molecule has 24 heavy (non-hydrogen) atoms. The molecule has 7 heteroatoms. The minimum atomic E-state index is -0.559. The predicted molar refractivity (Wildman–Crippen MR) is 89.2 cm³/mol. The van der Waals surface area contributed by atoms with Gasteiger partial charge in [0.25, 0.3) is 11.5 Å². The largest absolute Gasteiger partial charge is 0.290 e. The first-order chi connectivity index (χ1) is 11.6. The zero-order chi connectivity index (χ0) is 16.9. The minimum absolute atomic E-state index is 0.0706. The summed E-state index contributed by atoms with van der Waals surface area (Å²) < 4.78 is 0. The topological polar surface area (TPSA) is 104 Å². The first kappa shape index (κ1) is 16.2. The Bertz CT molecular complexity index is 809. The SMILES string of the molecule is O=C(CCC1CCCC1)NNC(=O)c1n[nH]c(=O)c2ccccc12. The monoisotopic (exact) mass is 328 g/mol. The number of benzene rings is 1. The third-order valence-electron chi connectivity index (χ3n) is 4.48. The Hall–Kier alpha value is -2.70. The highest BCUT2D eigenvalue weighted by Gasteiger charge is 2.17. The second-order valence-electron chi connectivity index (χ2n) is 6.14. The second kappa shape index (κ2) is 7.25. The number of carbonyl (C=O) groups is 2. The van der Waals surface area contributed by atoms with Gasteiger partial charge in [-0.2, -0.15) is 5.10 Å². The summed E-state index contributed by atoms with van der Waals surface area (Å²) in [4.78, 5) is 35.8. The van der Waals surface area contributed by atoms with Crippen molar-refractivity contribution in [3.05, 3.63) is 40.3 Å². The highest BCUT2D eigenvalue weighted by Crippen LogP contribution is 2.28. The molecule has 3 N–H and O–H groups in total. The molecule has 2 amide bonds. The molecule has 1 aliphatic rings. The van der Waals surface area contributed by atoms with Gasteiger partial charge in [0.1, 0.15) is 0 Å². The number of aromatic nitrogens is 2.